The molecule has 2 rings (SSSR count). The second-order valence-electron chi connectivity index (χ2n) is 2.06. The van der Waals surface area contributed by atoms with Crippen LogP contribution < -0.4 is 0 Å². The Morgan fingerprint density at radius 1 is 1.00 bits per heavy atom. The minimum atomic E-state index is 0. The average molecular weight is 209 g/mol. The molecule has 50 valence electrons. The molecule has 0 saturated heterocycles. The predicted molar refractivity (Wildman–Crippen MR) is 46.8 cm³/mol. The van der Waals surface area contributed by atoms with Crippen molar-refractivity contribution in [3.63, 3.8) is 0 Å². The molecular formula is C8H9MgNZn. The first-order valence-electron chi connectivity index (χ1n) is 2.99. The van der Waals surface area contributed by atoms with Crippen molar-refractivity contribution in [1.82, 2.24) is 4.98 Å². The molecule has 0 aliphatic rings. The summed E-state index contributed by atoms with van der Waals surface area (Å²) < 4.78 is 0. The van der Waals surface area contributed by atoms with E-state index in [9.17, 15) is 0 Å². The molecule has 0 radical (unpaired) electrons. The maximum absolute atomic E-state index is 3.12. The van der Waals surface area contributed by atoms with Gasteiger partial charge in [0.1, 0.15) is 0 Å². The van der Waals surface area contributed by atoms with Gasteiger partial charge in [-0.25, -0.2) is 0 Å². The monoisotopic (exact) mass is 207 g/mol. The van der Waals surface area contributed by atoms with E-state index in [1.807, 2.05) is 18.3 Å². The Bertz CT molecular complexity index is 288. The van der Waals surface area contributed by atoms with Gasteiger partial charge in [-0.05, 0) is 17.5 Å². The van der Waals surface area contributed by atoms with Crippen molar-refractivity contribution in [1.29, 1.82) is 0 Å². The van der Waals surface area contributed by atoms with Crippen LogP contribution in [0.15, 0.2) is 36.5 Å². The summed E-state index contributed by atoms with van der Waals surface area (Å²) in [7, 11) is 0. The summed E-state index contributed by atoms with van der Waals surface area (Å²) in [6.45, 7) is 0. The summed E-state index contributed by atoms with van der Waals surface area (Å²) in [4.78, 5) is 3.12. The van der Waals surface area contributed by atoms with Crippen LogP contribution in [0.3, 0.4) is 0 Å². The Balaban J connectivity index is 0.000000500. The summed E-state index contributed by atoms with van der Waals surface area (Å²) in [5, 5.41) is 1.28. The summed E-state index contributed by atoms with van der Waals surface area (Å²) in [6.07, 6.45) is 1.95. The first kappa shape index (κ1) is 11.1. The SMILES string of the molecule is [MgH2].[Zn].c1ccc2[nH]ccc2c1. The number of H-pyrrole nitrogens is 1. The molecule has 1 heterocycles. The maximum atomic E-state index is 3.12. The number of aromatic nitrogens is 1. The van der Waals surface area contributed by atoms with Gasteiger partial charge >= 0.3 is 23.1 Å². The number of rotatable bonds is 0. The zero-order valence-corrected chi connectivity index (χ0v) is 8.64. The van der Waals surface area contributed by atoms with E-state index in [4.69, 9.17) is 0 Å². The van der Waals surface area contributed by atoms with Crippen LogP contribution in [0.4, 0.5) is 0 Å². The summed E-state index contributed by atoms with van der Waals surface area (Å²) in [5.74, 6) is 0. The standard InChI is InChI=1S/C8H7N.Mg.Zn.2H/c1-2-4-8-7(3-1)5-6-9-8;;;;/h1-6,9H;;;;. The molecule has 2 aromatic rings. The number of hydrogen-bond acceptors (Lipinski definition) is 0. The van der Waals surface area contributed by atoms with E-state index in [-0.39, 0.29) is 42.5 Å². The van der Waals surface area contributed by atoms with Crippen molar-refractivity contribution in [2.24, 2.45) is 0 Å². The topological polar surface area (TPSA) is 15.8 Å². The Kier molecular flexibility index (Phi) is 4.98. The van der Waals surface area contributed by atoms with Crippen molar-refractivity contribution in [2.45, 2.75) is 0 Å². The van der Waals surface area contributed by atoms with Gasteiger partial charge in [0.15, 0.2) is 0 Å². The van der Waals surface area contributed by atoms with Crippen molar-refractivity contribution >= 4 is 34.0 Å². The smallest absolute Gasteiger partial charge is 0.316 e. The fourth-order valence-corrected chi connectivity index (χ4v) is 0.995. The molecule has 1 nitrogen and oxygen atoms in total. The number of hydrogen-bond donors (Lipinski definition) is 1. The molecule has 0 spiro atoms. The first-order chi connectivity index (χ1) is 4.47. The maximum Gasteiger partial charge on any atom is 0.316 e. The number of fused-ring (bicyclic) bond motifs is 1. The van der Waals surface area contributed by atoms with Crippen molar-refractivity contribution < 1.29 is 19.5 Å². The van der Waals surface area contributed by atoms with Crippen LogP contribution in [0.2, 0.25) is 0 Å². The molecule has 1 N–H and O–H groups in total. The van der Waals surface area contributed by atoms with Crippen LogP contribution in [-0.4, -0.2) is 28.0 Å². The van der Waals surface area contributed by atoms with E-state index < -0.39 is 0 Å². The van der Waals surface area contributed by atoms with Gasteiger partial charge in [-0.1, -0.05) is 18.2 Å². The number of benzene rings is 1. The van der Waals surface area contributed by atoms with E-state index in [2.05, 4.69) is 23.2 Å². The van der Waals surface area contributed by atoms with Crippen molar-refractivity contribution in [3.05, 3.63) is 36.5 Å². The third kappa shape index (κ3) is 2.29. The zero-order chi connectivity index (χ0) is 6.10. The Hall–Kier alpha value is 0.150. The van der Waals surface area contributed by atoms with Crippen LogP contribution >= 0.6 is 0 Å². The number of aromatic amines is 1. The van der Waals surface area contributed by atoms with Crippen LogP contribution in [-0.2, 0) is 19.5 Å². The van der Waals surface area contributed by atoms with Crippen LogP contribution in [0.25, 0.3) is 10.9 Å². The molecule has 3 heteroatoms. The molecule has 0 saturated carbocycles. The van der Waals surface area contributed by atoms with Gasteiger partial charge in [0, 0.05) is 31.2 Å². The van der Waals surface area contributed by atoms with Gasteiger partial charge in [0.2, 0.25) is 0 Å². The van der Waals surface area contributed by atoms with Crippen LogP contribution in [0.5, 0.6) is 0 Å². The third-order valence-corrected chi connectivity index (χ3v) is 1.46. The minimum absolute atomic E-state index is 0. The Morgan fingerprint density at radius 3 is 2.45 bits per heavy atom. The molecule has 0 aliphatic heterocycles. The van der Waals surface area contributed by atoms with Crippen LogP contribution in [0.1, 0.15) is 0 Å². The van der Waals surface area contributed by atoms with Gasteiger partial charge in [-0.2, -0.15) is 0 Å². The molecule has 11 heavy (non-hydrogen) atoms. The summed E-state index contributed by atoms with van der Waals surface area (Å²) in [6, 6.07) is 10.3. The van der Waals surface area contributed by atoms with Crippen molar-refractivity contribution in [2.75, 3.05) is 0 Å². The van der Waals surface area contributed by atoms with Gasteiger partial charge < -0.3 is 4.98 Å². The van der Waals surface area contributed by atoms with Gasteiger partial charge in [-0.15, -0.1) is 0 Å². The predicted octanol–water partition coefficient (Wildman–Crippen LogP) is 1.25. The number of para-hydroxylation sites is 1. The average Bonchev–Trinajstić information content (AvgIpc) is 2.33. The fraction of sp³-hybridized carbons (Fsp3) is 0. The van der Waals surface area contributed by atoms with E-state index in [1.165, 1.54) is 10.9 Å². The molecule has 0 unspecified atom stereocenters. The van der Waals surface area contributed by atoms with Gasteiger partial charge in [0.25, 0.3) is 0 Å². The molecule has 0 fully saturated rings. The molecule has 0 atom stereocenters. The Labute approximate surface area is 94.5 Å². The van der Waals surface area contributed by atoms with E-state index in [0.29, 0.717) is 0 Å². The summed E-state index contributed by atoms with van der Waals surface area (Å²) >= 11 is 0. The van der Waals surface area contributed by atoms with Crippen LogP contribution in [0, 0.1) is 0 Å². The minimum Gasteiger partial charge on any atom is -0.361 e. The molecule has 0 aliphatic carbocycles. The third-order valence-electron chi connectivity index (χ3n) is 1.46. The second kappa shape index (κ2) is 4.91. The second-order valence-corrected chi connectivity index (χ2v) is 2.06. The normalized spacial score (nSPS) is 8.36. The fourth-order valence-electron chi connectivity index (χ4n) is 0.995. The molecule has 1 aromatic carbocycles. The number of nitrogens with one attached hydrogen (secondary N) is 1. The van der Waals surface area contributed by atoms with Crippen molar-refractivity contribution in [3.8, 4) is 0 Å². The largest absolute Gasteiger partial charge is 0.361 e. The quantitative estimate of drug-likeness (QED) is 0.628. The Morgan fingerprint density at radius 2 is 1.73 bits per heavy atom. The van der Waals surface area contributed by atoms with Gasteiger partial charge in [0.05, 0.1) is 0 Å². The van der Waals surface area contributed by atoms with E-state index in [1.54, 1.807) is 0 Å². The van der Waals surface area contributed by atoms with E-state index >= 15 is 0 Å². The molecule has 0 bridgehead atoms. The zero-order valence-electron chi connectivity index (χ0n) is 5.67. The summed E-state index contributed by atoms with van der Waals surface area (Å²) in [5.41, 5.74) is 1.21. The van der Waals surface area contributed by atoms with E-state index in [0.717, 1.165) is 0 Å². The molecule has 1 aromatic heterocycles. The first-order valence-corrected chi connectivity index (χ1v) is 2.99. The molecular weight excluding hydrogens is 200 g/mol. The molecule has 0 amide bonds. The van der Waals surface area contributed by atoms with Gasteiger partial charge in [-0.3, -0.25) is 0 Å².